The van der Waals surface area contributed by atoms with Crippen LogP contribution in [0.4, 0.5) is 31.0 Å². The van der Waals surface area contributed by atoms with Crippen LogP contribution in [0, 0.1) is 11.6 Å². The van der Waals surface area contributed by atoms with Gasteiger partial charge >= 0.3 is 6.09 Å². The number of ether oxygens (including phenoxy) is 1. The fraction of sp³-hybridized carbons (Fsp3) is 0.333. The first-order valence-electron chi connectivity index (χ1n) is 12.9. The number of benzene rings is 2. The van der Waals surface area contributed by atoms with Gasteiger partial charge in [0.25, 0.3) is 0 Å². The highest BCUT2D eigenvalue weighted by Gasteiger charge is 2.31. The van der Waals surface area contributed by atoms with Crippen LogP contribution in [-0.4, -0.2) is 72.9 Å². The van der Waals surface area contributed by atoms with Gasteiger partial charge in [-0.25, -0.2) is 18.6 Å². The van der Waals surface area contributed by atoms with E-state index in [1.165, 1.54) is 6.07 Å². The Balaban J connectivity index is 1.37. The Bertz CT molecular complexity index is 1580. The van der Waals surface area contributed by atoms with Gasteiger partial charge in [0.05, 0.1) is 16.9 Å². The van der Waals surface area contributed by atoms with Gasteiger partial charge in [-0.1, -0.05) is 18.2 Å². The molecular formula is C27H27F2N9O2. The van der Waals surface area contributed by atoms with Gasteiger partial charge in [0, 0.05) is 38.9 Å². The highest BCUT2D eigenvalue weighted by molar-refractivity contribution is 5.83. The zero-order valence-electron chi connectivity index (χ0n) is 22.3. The van der Waals surface area contributed by atoms with E-state index in [1.807, 2.05) is 54.8 Å². The number of rotatable bonds is 3. The minimum Gasteiger partial charge on any atom is -0.444 e. The van der Waals surface area contributed by atoms with E-state index in [1.54, 1.807) is 21.8 Å². The van der Waals surface area contributed by atoms with Gasteiger partial charge in [0.15, 0.2) is 17.5 Å². The highest BCUT2D eigenvalue weighted by atomic mass is 19.2. The van der Waals surface area contributed by atoms with E-state index in [4.69, 9.17) is 9.72 Å². The number of nitrogens with zero attached hydrogens (tertiary/aromatic N) is 9. The molecule has 0 atom stereocenters. The molecule has 4 heterocycles. The maximum atomic E-state index is 14.2. The normalized spacial score (nSPS) is 14.8. The molecule has 0 unspecified atom stereocenters. The Labute approximate surface area is 229 Å². The number of para-hydroxylation sites is 2. The lowest BCUT2D eigenvalue weighted by Crippen LogP contribution is -2.50. The van der Waals surface area contributed by atoms with Crippen molar-refractivity contribution in [2.24, 2.45) is 0 Å². The molecule has 0 saturated carbocycles. The lowest BCUT2D eigenvalue weighted by Gasteiger charge is -2.36. The Kier molecular flexibility index (Phi) is 6.28. The summed E-state index contributed by atoms with van der Waals surface area (Å²) in [6.45, 7) is 7.64. The molecule has 13 heteroatoms. The highest BCUT2D eigenvalue weighted by Crippen LogP contribution is 2.41. The van der Waals surface area contributed by atoms with Gasteiger partial charge in [0.2, 0.25) is 5.95 Å². The summed E-state index contributed by atoms with van der Waals surface area (Å²) in [5, 5.41) is 12.3. The maximum absolute atomic E-state index is 14.2. The molecule has 2 aliphatic heterocycles. The number of halogens is 2. The maximum Gasteiger partial charge on any atom is 0.410 e. The minimum atomic E-state index is -0.925. The first-order valence-corrected chi connectivity index (χ1v) is 12.9. The van der Waals surface area contributed by atoms with Crippen molar-refractivity contribution in [3.05, 3.63) is 65.9 Å². The smallest absolute Gasteiger partial charge is 0.410 e. The lowest BCUT2D eigenvalue weighted by atomic mass is 10.1. The van der Waals surface area contributed by atoms with Crippen LogP contribution in [0.1, 0.15) is 26.3 Å². The summed E-state index contributed by atoms with van der Waals surface area (Å²) in [4.78, 5) is 27.7. The fourth-order valence-electron chi connectivity index (χ4n) is 4.78. The number of tetrazole rings is 1. The second-order valence-electron chi connectivity index (χ2n) is 10.6. The van der Waals surface area contributed by atoms with Crippen LogP contribution in [-0.2, 0) is 11.3 Å². The molecule has 2 aromatic carbocycles. The van der Waals surface area contributed by atoms with Gasteiger partial charge in [-0.2, -0.15) is 9.67 Å². The SMILES string of the molecule is CC(C)(C)OC(=O)N1CCN(c2ncc3c(n2)N(Cc2ccc(F)c(F)c2)c2ccccc2-n2nnnc2-3)CC1. The number of hydrogen-bond acceptors (Lipinski definition) is 9. The van der Waals surface area contributed by atoms with E-state index in [-0.39, 0.29) is 12.6 Å². The summed E-state index contributed by atoms with van der Waals surface area (Å²) in [5.41, 5.74) is 2.00. The number of anilines is 3. The molecular weight excluding hydrogens is 520 g/mol. The second-order valence-corrected chi connectivity index (χ2v) is 10.6. The molecule has 0 radical (unpaired) electrons. The zero-order valence-corrected chi connectivity index (χ0v) is 22.3. The third kappa shape index (κ3) is 4.78. The molecule has 6 rings (SSSR count). The van der Waals surface area contributed by atoms with Gasteiger partial charge in [-0.05, 0) is 61.0 Å². The minimum absolute atomic E-state index is 0.197. The van der Waals surface area contributed by atoms with Gasteiger partial charge < -0.3 is 19.4 Å². The second kappa shape index (κ2) is 9.81. The monoisotopic (exact) mass is 547 g/mol. The molecule has 11 nitrogen and oxygen atoms in total. The predicted molar refractivity (Wildman–Crippen MR) is 142 cm³/mol. The van der Waals surface area contributed by atoms with E-state index < -0.39 is 17.2 Å². The first kappa shape index (κ1) is 25.6. The summed E-state index contributed by atoms with van der Waals surface area (Å²) >= 11 is 0. The van der Waals surface area contributed by atoms with Crippen LogP contribution in [0.2, 0.25) is 0 Å². The molecule has 0 spiro atoms. The Hall–Kier alpha value is -4.68. The number of aromatic nitrogens is 6. The molecule has 2 aromatic heterocycles. The lowest BCUT2D eigenvalue weighted by molar-refractivity contribution is 0.0240. The van der Waals surface area contributed by atoms with Crippen molar-refractivity contribution in [1.29, 1.82) is 0 Å². The molecule has 1 saturated heterocycles. The Morgan fingerprint density at radius 2 is 1.75 bits per heavy atom. The largest absolute Gasteiger partial charge is 0.444 e. The zero-order chi connectivity index (χ0) is 28.0. The molecule has 40 heavy (non-hydrogen) atoms. The molecule has 1 amide bonds. The average molecular weight is 548 g/mol. The Morgan fingerprint density at radius 3 is 2.48 bits per heavy atom. The molecule has 1 fully saturated rings. The summed E-state index contributed by atoms with van der Waals surface area (Å²) in [6.07, 6.45) is 1.32. The van der Waals surface area contributed by atoms with Crippen molar-refractivity contribution >= 4 is 23.5 Å². The summed E-state index contributed by atoms with van der Waals surface area (Å²) in [6, 6.07) is 11.4. The third-order valence-electron chi connectivity index (χ3n) is 6.66. The summed E-state index contributed by atoms with van der Waals surface area (Å²) < 4.78 is 35.0. The third-order valence-corrected chi connectivity index (χ3v) is 6.66. The average Bonchev–Trinajstić information content (AvgIpc) is 3.39. The van der Waals surface area contributed by atoms with E-state index in [0.29, 0.717) is 60.6 Å². The molecule has 0 N–H and O–H groups in total. The number of carbonyl (C=O) groups excluding carboxylic acids is 1. The van der Waals surface area contributed by atoms with Crippen molar-refractivity contribution in [2.75, 3.05) is 36.0 Å². The molecule has 206 valence electrons. The summed E-state index contributed by atoms with van der Waals surface area (Å²) in [5.74, 6) is -0.394. The van der Waals surface area contributed by atoms with Gasteiger partial charge in [-0.3, -0.25) is 0 Å². The van der Waals surface area contributed by atoms with Crippen molar-refractivity contribution < 1.29 is 18.3 Å². The molecule has 0 bridgehead atoms. The topological polar surface area (TPSA) is 105 Å². The van der Waals surface area contributed by atoms with Crippen LogP contribution in [0.3, 0.4) is 0 Å². The predicted octanol–water partition coefficient (Wildman–Crippen LogP) is 4.11. The standard InChI is InChI=1S/C27H27F2N9O2/c1-27(2,3)40-26(39)36-12-10-35(11-13-36)25-30-15-18-23(31-25)37(16-17-8-9-19(28)20(29)14-17)21-6-4-5-7-22(21)38-24(18)32-33-34-38/h4-9,14-15H,10-13,16H2,1-3H3. The van der Waals surface area contributed by atoms with Crippen molar-refractivity contribution in [3.63, 3.8) is 0 Å². The first-order chi connectivity index (χ1) is 19.2. The van der Waals surface area contributed by atoms with E-state index in [2.05, 4.69) is 20.5 Å². The quantitative estimate of drug-likeness (QED) is 0.375. The van der Waals surface area contributed by atoms with E-state index in [0.717, 1.165) is 11.8 Å². The van der Waals surface area contributed by atoms with Crippen molar-refractivity contribution in [3.8, 4) is 17.1 Å². The van der Waals surface area contributed by atoms with E-state index >= 15 is 0 Å². The number of amides is 1. The molecule has 4 aromatic rings. The van der Waals surface area contributed by atoms with Gasteiger partial charge in [-0.15, -0.1) is 5.10 Å². The van der Waals surface area contributed by atoms with Crippen LogP contribution in [0.15, 0.2) is 48.7 Å². The van der Waals surface area contributed by atoms with Crippen LogP contribution >= 0.6 is 0 Å². The molecule has 2 aliphatic rings. The Morgan fingerprint density at radius 1 is 1.00 bits per heavy atom. The van der Waals surface area contributed by atoms with Crippen LogP contribution in [0.5, 0.6) is 0 Å². The number of hydrogen-bond donors (Lipinski definition) is 0. The fourth-order valence-corrected chi connectivity index (χ4v) is 4.78. The van der Waals surface area contributed by atoms with Crippen LogP contribution < -0.4 is 9.80 Å². The molecule has 0 aliphatic carbocycles. The summed E-state index contributed by atoms with van der Waals surface area (Å²) in [7, 11) is 0. The van der Waals surface area contributed by atoms with E-state index in [9.17, 15) is 13.6 Å². The number of fused-ring (bicyclic) bond motifs is 5. The van der Waals surface area contributed by atoms with Crippen LogP contribution in [0.25, 0.3) is 17.1 Å². The van der Waals surface area contributed by atoms with Crippen molar-refractivity contribution in [2.45, 2.75) is 32.9 Å². The van der Waals surface area contributed by atoms with Crippen molar-refractivity contribution in [1.82, 2.24) is 35.1 Å². The number of piperazine rings is 1. The number of carbonyl (C=O) groups is 1. The van der Waals surface area contributed by atoms with Gasteiger partial charge in [0.1, 0.15) is 11.4 Å².